The number of ether oxygens (including phenoxy) is 3. The van der Waals surface area contributed by atoms with Gasteiger partial charge in [-0.25, -0.2) is 9.78 Å². The highest BCUT2D eigenvalue weighted by atomic mass is 32.1. The second-order valence-electron chi connectivity index (χ2n) is 8.68. The number of benzene rings is 2. The highest BCUT2D eigenvalue weighted by Crippen LogP contribution is 2.34. The van der Waals surface area contributed by atoms with Gasteiger partial charge in [-0.2, -0.15) is 0 Å². The zero-order valence-corrected chi connectivity index (χ0v) is 21.8. The van der Waals surface area contributed by atoms with Crippen molar-refractivity contribution < 1.29 is 28.5 Å². The van der Waals surface area contributed by atoms with Gasteiger partial charge in [0.2, 0.25) is 5.89 Å². The minimum atomic E-state index is -0.955. The molecule has 2 heterocycles. The van der Waals surface area contributed by atoms with Crippen molar-refractivity contribution in [3.63, 3.8) is 0 Å². The summed E-state index contributed by atoms with van der Waals surface area (Å²) in [5.41, 5.74) is 2.69. The van der Waals surface area contributed by atoms with Crippen LogP contribution in [0, 0.1) is 6.92 Å². The standard InChI is InChI=1S/C28H31NO6S/c1-5-32-25(28(30)31)16-20-8-11-24(22-13-15-36-26(20)22)33-14-12-23-18(4)35-27(29-23)19-6-9-21(10-7-19)34-17(2)3/h6-11,13,15,17,25H,5,12,14,16H2,1-4H3,(H,30,31). The third-order valence-corrected chi connectivity index (χ3v) is 6.66. The molecule has 0 radical (unpaired) electrons. The van der Waals surface area contributed by atoms with Crippen LogP contribution in [0.1, 0.15) is 37.8 Å². The topological polar surface area (TPSA) is 91.0 Å². The second-order valence-corrected chi connectivity index (χ2v) is 9.60. The van der Waals surface area contributed by atoms with E-state index in [9.17, 15) is 9.90 Å². The molecule has 0 aliphatic rings. The second kappa shape index (κ2) is 11.6. The molecule has 1 N–H and O–H groups in total. The summed E-state index contributed by atoms with van der Waals surface area (Å²) in [4.78, 5) is 16.2. The maximum Gasteiger partial charge on any atom is 0.333 e. The summed E-state index contributed by atoms with van der Waals surface area (Å²) < 4.78 is 24.1. The summed E-state index contributed by atoms with van der Waals surface area (Å²) in [6.07, 6.45) is 0.166. The van der Waals surface area contributed by atoms with E-state index < -0.39 is 12.1 Å². The first-order valence-corrected chi connectivity index (χ1v) is 12.9. The summed E-state index contributed by atoms with van der Waals surface area (Å²) in [6.45, 7) is 8.49. The molecule has 2 aromatic heterocycles. The van der Waals surface area contributed by atoms with Gasteiger partial charge in [-0.1, -0.05) is 6.07 Å². The number of fused-ring (bicyclic) bond motifs is 1. The van der Waals surface area contributed by atoms with Gasteiger partial charge in [0.25, 0.3) is 0 Å². The number of hydrogen-bond donors (Lipinski definition) is 1. The van der Waals surface area contributed by atoms with E-state index in [1.807, 2.05) is 68.6 Å². The molecule has 1 atom stereocenters. The van der Waals surface area contributed by atoms with E-state index in [1.54, 1.807) is 18.3 Å². The lowest BCUT2D eigenvalue weighted by Crippen LogP contribution is -2.26. The molecule has 4 rings (SSSR count). The number of nitrogens with zero attached hydrogens (tertiary/aromatic N) is 1. The Kier molecular flexibility index (Phi) is 8.28. The summed E-state index contributed by atoms with van der Waals surface area (Å²) >= 11 is 1.57. The summed E-state index contributed by atoms with van der Waals surface area (Å²) in [5, 5.41) is 12.4. The summed E-state index contributed by atoms with van der Waals surface area (Å²) in [6, 6.07) is 13.5. The number of aromatic nitrogens is 1. The molecule has 2 aromatic carbocycles. The van der Waals surface area contributed by atoms with E-state index in [-0.39, 0.29) is 6.10 Å². The van der Waals surface area contributed by atoms with Crippen molar-refractivity contribution in [3.8, 4) is 23.0 Å². The van der Waals surface area contributed by atoms with Gasteiger partial charge in [-0.15, -0.1) is 11.3 Å². The fourth-order valence-corrected chi connectivity index (χ4v) is 4.93. The van der Waals surface area contributed by atoms with Gasteiger partial charge in [-0.3, -0.25) is 0 Å². The SMILES string of the molecule is CCOC(Cc1ccc(OCCc2nc(-c3ccc(OC(C)C)cc3)oc2C)c2ccsc12)C(=O)O. The van der Waals surface area contributed by atoms with Gasteiger partial charge in [0.15, 0.2) is 6.10 Å². The van der Waals surface area contributed by atoms with Crippen molar-refractivity contribution >= 4 is 27.4 Å². The molecule has 8 heteroatoms. The van der Waals surface area contributed by atoms with Crippen molar-refractivity contribution in [1.29, 1.82) is 0 Å². The Balaban J connectivity index is 1.42. The van der Waals surface area contributed by atoms with Crippen LogP contribution in [0.3, 0.4) is 0 Å². The third-order valence-electron chi connectivity index (χ3n) is 5.67. The first-order chi connectivity index (χ1) is 17.4. The maximum atomic E-state index is 11.5. The zero-order valence-electron chi connectivity index (χ0n) is 20.9. The van der Waals surface area contributed by atoms with E-state index in [2.05, 4.69) is 4.98 Å². The Morgan fingerprint density at radius 1 is 1.14 bits per heavy atom. The number of rotatable bonds is 12. The highest BCUT2D eigenvalue weighted by molar-refractivity contribution is 7.17. The minimum absolute atomic E-state index is 0.120. The number of carbonyl (C=O) groups is 1. The van der Waals surface area contributed by atoms with Crippen molar-refractivity contribution in [2.45, 2.75) is 52.7 Å². The molecule has 4 aromatic rings. The molecule has 0 aliphatic heterocycles. The highest BCUT2D eigenvalue weighted by Gasteiger charge is 2.20. The molecule has 0 fully saturated rings. The summed E-state index contributed by atoms with van der Waals surface area (Å²) in [7, 11) is 0. The lowest BCUT2D eigenvalue weighted by molar-refractivity contribution is -0.149. The molecule has 0 aliphatic carbocycles. The van der Waals surface area contributed by atoms with Crippen molar-refractivity contribution in [2.24, 2.45) is 0 Å². The van der Waals surface area contributed by atoms with Crippen LogP contribution >= 0.6 is 11.3 Å². The lowest BCUT2D eigenvalue weighted by Gasteiger charge is -2.14. The Morgan fingerprint density at radius 2 is 1.92 bits per heavy atom. The number of aliphatic carboxylic acids is 1. The lowest BCUT2D eigenvalue weighted by atomic mass is 10.1. The van der Waals surface area contributed by atoms with Crippen molar-refractivity contribution in [1.82, 2.24) is 4.98 Å². The summed E-state index contributed by atoms with van der Waals surface area (Å²) in [5.74, 6) is 1.96. The number of oxazole rings is 1. The Hall–Kier alpha value is -3.36. The van der Waals surface area contributed by atoms with Gasteiger partial charge in [0.1, 0.15) is 17.3 Å². The number of hydrogen-bond acceptors (Lipinski definition) is 7. The molecular formula is C28H31NO6S. The van der Waals surface area contributed by atoms with Crippen LogP contribution in [0.4, 0.5) is 0 Å². The third kappa shape index (κ3) is 6.06. The van der Waals surface area contributed by atoms with Crippen LogP contribution in [0.2, 0.25) is 0 Å². The van der Waals surface area contributed by atoms with Crippen molar-refractivity contribution in [3.05, 3.63) is 64.9 Å². The zero-order chi connectivity index (χ0) is 25.7. The molecule has 0 saturated heterocycles. The molecule has 0 spiro atoms. The van der Waals surface area contributed by atoms with E-state index in [0.29, 0.717) is 31.9 Å². The largest absolute Gasteiger partial charge is 0.493 e. The van der Waals surface area contributed by atoms with Gasteiger partial charge in [0.05, 0.1) is 18.4 Å². The Bertz CT molecular complexity index is 1310. The average Bonchev–Trinajstić information content (AvgIpc) is 3.47. The normalized spacial score (nSPS) is 12.2. The van der Waals surface area contributed by atoms with E-state index in [0.717, 1.165) is 44.2 Å². The van der Waals surface area contributed by atoms with Crippen LogP contribution < -0.4 is 9.47 Å². The molecule has 7 nitrogen and oxygen atoms in total. The Labute approximate surface area is 214 Å². The van der Waals surface area contributed by atoms with E-state index in [4.69, 9.17) is 18.6 Å². The van der Waals surface area contributed by atoms with Gasteiger partial charge in [0, 0.05) is 35.1 Å². The first kappa shape index (κ1) is 25.7. The molecule has 0 amide bonds. The fourth-order valence-electron chi connectivity index (χ4n) is 3.99. The molecule has 1 unspecified atom stereocenters. The quantitative estimate of drug-likeness (QED) is 0.239. The molecule has 0 saturated carbocycles. The maximum absolute atomic E-state index is 11.5. The molecule has 36 heavy (non-hydrogen) atoms. The molecular weight excluding hydrogens is 478 g/mol. The smallest absolute Gasteiger partial charge is 0.333 e. The average molecular weight is 510 g/mol. The Morgan fingerprint density at radius 3 is 2.61 bits per heavy atom. The van der Waals surface area contributed by atoms with Gasteiger partial charge < -0.3 is 23.7 Å². The minimum Gasteiger partial charge on any atom is -0.493 e. The van der Waals surface area contributed by atoms with Crippen molar-refractivity contribution in [2.75, 3.05) is 13.2 Å². The monoisotopic (exact) mass is 509 g/mol. The number of thiophene rings is 1. The molecule has 190 valence electrons. The predicted molar refractivity (Wildman–Crippen MR) is 140 cm³/mol. The van der Waals surface area contributed by atoms with Gasteiger partial charge >= 0.3 is 5.97 Å². The molecule has 0 bridgehead atoms. The number of carboxylic acid groups (broad SMARTS) is 1. The van der Waals surface area contributed by atoms with E-state index >= 15 is 0 Å². The van der Waals surface area contributed by atoms with Crippen LogP contribution in [-0.2, 0) is 22.4 Å². The van der Waals surface area contributed by atoms with Crippen LogP contribution in [0.25, 0.3) is 21.5 Å². The predicted octanol–water partition coefficient (Wildman–Crippen LogP) is 6.31. The van der Waals surface area contributed by atoms with Crippen LogP contribution in [0.15, 0.2) is 52.3 Å². The number of aryl methyl sites for hydroxylation is 1. The van der Waals surface area contributed by atoms with Gasteiger partial charge in [-0.05, 0) is 75.0 Å². The van der Waals surface area contributed by atoms with Crippen LogP contribution in [0.5, 0.6) is 11.5 Å². The number of carboxylic acids is 1. The van der Waals surface area contributed by atoms with Crippen LogP contribution in [-0.4, -0.2) is 41.5 Å². The van der Waals surface area contributed by atoms with E-state index in [1.165, 1.54) is 0 Å². The first-order valence-electron chi connectivity index (χ1n) is 12.0. The fraction of sp³-hybridized carbons (Fsp3) is 0.357.